The van der Waals surface area contributed by atoms with Crippen LogP contribution < -0.4 is 15.0 Å². The van der Waals surface area contributed by atoms with Gasteiger partial charge in [-0.2, -0.15) is 13.2 Å². The van der Waals surface area contributed by atoms with Crippen LogP contribution in [0, 0.1) is 17.7 Å². The van der Waals surface area contributed by atoms with E-state index in [-0.39, 0.29) is 17.3 Å². The highest BCUT2D eigenvalue weighted by Crippen LogP contribution is 2.29. The van der Waals surface area contributed by atoms with Gasteiger partial charge < -0.3 is 9.26 Å². The summed E-state index contributed by atoms with van der Waals surface area (Å²) < 4.78 is 78.1. The van der Waals surface area contributed by atoms with Crippen LogP contribution in [-0.4, -0.2) is 27.2 Å². The SMILES string of the molecule is COc1cc(C#CC(F)(F)F)c(F)cc1-n1c(=O)ccc2cc(S(=O)Nc3ccon3)ccc21. The number of ether oxygens (including phenoxy) is 1. The lowest BCUT2D eigenvalue weighted by molar-refractivity contribution is -0.0696. The van der Waals surface area contributed by atoms with Crippen LogP contribution in [0.4, 0.5) is 23.4 Å². The molecular formula is C22H13F4N3O4S. The van der Waals surface area contributed by atoms with Gasteiger partial charge in [0.15, 0.2) is 16.8 Å². The summed E-state index contributed by atoms with van der Waals surface area (Å²) in [5, 5.41) is 4.11. The van der Waals surface area contributed by atoms with Crippen molar-refractivity contribution in [2.45, 2.75) is 11.1 Å². The van der Waals surface area contributed by atoms with Gasteiger partial charge in [-0.3, -0.25) is 14.1 Å². The molecule has 1 atom stereocenters. The van der Waals surface area contributed by atoms with Crippen LogP contribution in [0.1, 0.15) is 5.56 Å². The molecule has 2 aromatic carbocycles. The van der Waals surface area contributed by atoms with Gasteiger partial charge in [0.25, 0.3) is 5.56 Å². The van der Waals surface area contributed by atoms with E-state index in [1.54, 1.807) is 12.0 Å². The predicted octanol–water partition coefficient (Wildman–Crippen LogP) is 4.17. The number of hydrogen-bond donors (Lipinski definition) is 1. The molecule has 1 unspecified atom stereocenters. The van der Waals surface area contributed by atoms with E-state index in [0.717, 1.165) is 22.6 Å². The van der Waals surface area contributed by atoms with E-state index in [9.17, 15) is 26.6 Å². The molecule has 0 bridgehead atoms. The highest BCUT2D eigenvalue weighted by atomic mass is 32.2. The molecule has 12 heteroatoms. The molecule has 0 spiro atoms. The standard InChI is InChI=1S/C22H13F4N3O4S/c1-32-19-11-13(6-8-22(24,25)26)16(23)12-18(19)29-17-4-3-15(10-14(17)2-5-21(29)30)34(31)28-20-7-9-33-27-20/h2-5,7,9-12H,1H3,(H,27,28). The Morgan fingerprint density at radius 2 is 1.94 bits per heavy atom. The van der Waals surface area contributed by atoms with E-state index in [1.807, 2.05) is 0 Å². The lowest BCUT2D eigenvalue weighted by atomic mass is 10.1. The Morgan fingerprint density at radius 1 is 1.15 bits per heavy atom. The van der Waals surface area contributed by atoms with Crippen molar-refractivity contribution in [3.05, 3.63) is 76.5 Å². The molecule has 34 heavy (non-hydrogen) atoms. The van der Waals surface area contributed by atoms with Gasteiger partial charge in [-0.15, -0.1) is 0 Å². The van der Waals surface area contributed by atoms with Crippen LogP contribution in [0.5, 0.6) is 5.75 Å². The number of anilines is 1. The topological polar surface area (TPSA) is 86.4 Å². The molecule has 0 fully saturated rings. The maximum absolute atomic E-state index is 14.6. The van der Waals surface area contributed by atoms with Crippen molar-refractivity contribution < 1.29 is 31.0 Å². The molecule has 4 rings (SSSR count). The third-order valence-electron chi connectivity index (χ3n) is 4.56. The first-order valence-corrected chi connectivity index (χ1v) is 10.5. The van der Waals surface area contributed by atoms with Gasteiger partial charge in [0, 0.05) is 35.6 Å². The number of hydrogen-bond acceptors (Lipinski definition) is 5. The molecule has 2 heterocycles. The zero-order chi connectivity index (χ0) is 24.5. The zero-order valence-corrected chi connectivity index (χ0v) is 18.0. The second-order valence-electron chi connectivity index (χ2n) is 6.73. The summed E-state index contributed by atoms with van der Waals surface area (Å²) in [4.78, 5) is 13.1. The van der Waals surface area contributed by atoms with Gasteiger partial charge >= 0.3 is 6.18 Å². The molecule has 0 aliphatic rings. The Balaban J connectivity index is 1.81. The minimum atomic E-state index is -4.80. The fraction of sp³-hybridized carbons (Fsp3) is 0.0909. The number of pyridine rings is 1. The van der Waals surface area contributed by atoms with Crippen molar-refractivity contribution in [1.82, 2.24) is 9.72 Å². The maximum atomic E-state index is 14.6. The summed E-state index contributed by atoms with van der Waals surface area (Å²) in [5.74, 6) is 1.86. The lowest BCUT2D eigenvalue weighted by Gasteiger charge is -2.15. The number of nitrogens with zero attached hydrogens (tertiary/aromatic N) is 2. The summed E-state index contributed by atoms with van der Waals surface area (Å²) in [6.07, 6.45) is -3.49. The molecule has 0 saturated heterocycles. The van der Waals surface area contributed by atoms with Gasteiger partial charge in [-0.05, 0) is 24.3 Å². The normalized spacial score (nSPS) is 12.1. The number of aromatic nitrogens is 2. The lowest BCUT2D eigenvalue weighted by Crippen LogP contribution is -2.18. The molecule has 174 valence electrons. The number of halogens is 4. The molecule has 2 aromatic heterocycles. The number of alkyl halides is 3. The molecular weight excluding hydrogens is 478 g/mol. The van der Waals surface area contributed by atoms with E-state index >= 15 is 0 Å². The van der Waals surface area contributed by atoms with E-state index in [0.29, 0.717) is 15.8 Å². The average Bonchev–Trinajstić information content (AvgIpc) is 3.30. The average molecular weight is 491 g/mol. The summed E-state index contributed by atoms with van der Waals surface area (Å²) in [6.45, 7) is 0. The zero-order valence-electron chi connectivity index (χ0n) is 17.1. The Hall–Kier alpha value is -4.11. The first-order valence-electron chi connectivity index (χ1n) is 9.39. The molecule has 0 aliphatic carbocycles. The van der Waals surface area contributed by atoms with E-state index in [2.05, 4.69) is 14.4 Å². The smallest absolute Gasteiger partial charge is 0.458 e. The van der Waals surface area contributed by atoms with Crippen LogP contribution in [0.25, 0.3) is 16.6 Å². The van der Waals surface area contributed by atoms with Crippen molar-refractivity contribution >= 4 is 27.7 Å². The largest absolute Gasteiger partial charge is 0.495 e. The third kappa shape index (κ3) is 4.79. The van der Waals surface area contributed by atoms with Crippen molar-refractivity contribution in [3.63, 3.8) is 0 Å². The quantitative estimate of drug-likeness (QED) is 0.335. The Morgan fingerprint density at radius 3 is 2.62 bits per heavy atom. The first kappa shape index (κ1) is 23.1. The summed E-state index contributed by atoms with van der Waals surface area (Å²) in [6, 6.07) is 10.6. The summed E-state index contributed by atoms with van der Waals surface area (Å²) in [7, 11) is -0.473. The van der Waals surface area contributed by atoms with Gasteiger partial charge in [0.05, 0.1) is 28.8 Å². The summed E-state index contributed by atoms with van der Waals surface area (Å²) in [5.41, 5.74) is -0.805. The monoisotopic (exact) mass is 491 g/mol. The highest BCUT2D eigenvalue weighted by molar-refractivity contribution is 7.86. The highest BCUT2D eigenvalue weighted by Gasteiger charge is 2.23. The van der Waals surface area contributed by atoms with Crippen LogP contribution in [-0.2, 0) is 11.0 Å². The first-order chi connectivity index (χ1) is 16.2. The van der Waals surface area contributed by atoms with Gasteiger partial charge in [0.2, 0.25) is 0 Å². The second kappa shape index (κ2) is 9.03. The van der Waals surface area contributed by atoms with Crippen LogP contribution in [0.3, 0.4) is 0 Å². The number of rotatable bonds is 5. The maximum Gasteiger partial charge on any atom is 0.458 e. The molecule has 7 nitrogen and oxygen atoms in total. The molecule has 0 radical (unpaired) electrons. The Bertz CT molecular complexity index is 1520. The minimum Gasteiger partial charge on any atom is -0.495 e. The number of methoxy groups -OCH3 is 1. The number of fused-ring (bicyclic) bond motifs is 1. The molecule has 0 aliphatic heterocycles. The molecule has 0 amide bonds. The molecule has 4 aromatic rings. The predicted molar refractivity (Wildman–Crippen MR) is 116 cm³/mol. The van der Waals surface area contributed by atoms with Crippen molar-refractivity contribution in [3.8, 4) is 23.3 Å². The van der Waals surface area contributed by atoms with Crippen molar-refractivity contribution in [1.29, 1.82) is 0 Å². The fourth-order valence-electron chi connectivity index (χ4n) is 3.12. The van der Waals surface area contributed by atoms with Gasteiger partial charge in [0.1, 0.15) is 17.8 Å². The van der Waals surface area contributed by atoms with E-state index in [4.69, 9.17) is 4.74 Å². The van der Waals surface area contributed by atoms with E-state index in [1.165, 1.54) is 43.7 Å². The third-order valence-corrected chi connectivity index (χ3v) is 5.64. The Labute approximate surface area is 191 Å². The minimum absolute atomic E-state index is 0.0391. The second-order valence-corrected chi connectivity index (χ2v) is 7.95. The van der Waals surface area contributed by atoms with Crippen molar-refractivity contribution in [2.75, 3.05) is 11.8 Å². The summed E-state index contributed by atoms with van der Waals surface area (Å²) >= 11 is 0. The van der Waals surface area contributed by atoms with Gasteiger partial charge in [-0.25, -0.2) is 8.60 Å². The van der Waals surface area contributed by atoms with Crippen LogP contribution >= 0.6 is 0 Å². The number of nitrogens with one attached hydrogen (secondary N) is 1. The van der Waals surface area contributed by atoms with Gasteiger partial charge in [-0.1, -0.05) is 11.1 Å². The van der Waals surface area contributed by atoms with Crippen LogP contribution in [0.2, 0.25) is 0 Å². The number of benzene rings is 2. The van der Waals surface area contributed by atoms with Crippen LogP contribution in [0.15, 0.2) is 69.0 Å². The fourth-order valence-corrected chi connectivity index (χ4v) is 3.96. The Kier molecular flexibility index (Phi) is 6.12. The van der Waals surface area contributed by atoms with E-state index < -0.39 is 34.1 Å². The molecule has 0 saturated carbocycles. The van der Waals surface area contributed by atoms with Crippen molar-refractivity contribution in [2.24, 2.45) is 0 Å². The molecule has 1 N–H and O–H groups in total.